The molecule has 40 heavy (non-hydrogen) atoms. The van der Waals surface area contributed by atoms with Crippen LogP contribution in [0, 0.1) is 25.2 Å². The van der Waals surface area contributed by atoms with E-state index in [1.165, 1.54) is 7.11 Å². The Morgan fingerprint density at radius 1 is 0.875 bits per heavy atom. The molecule has 2 N–H and O–H groups in total. The van der Waals surface area contributed by atoms with Gasteiger partial charge in [0.2, 0.25) is 0 Å². The predicted octanol–water partition coefficient (Wildman–Crippen LogP) is 6.03. The Kier molecular flexibility index (Phi) is 8.57. The van der Waals surface area contributed by atoms with Gasteiger partial charge in [0.25, 0.3) is 11.5 Å². The molecule has 0 saturated carbocycles. The summed E-state index contributed by atoms with van der Waals surface area (Å²) < 4.78 is 10.5. The number of H-pyrrole nitrogens is 1. The molecule has 0 aliphatic heterocycles. The Bertz CT molecular complexity index is 1790. The van der Waals surface area contributed by atoms with Crippen LogP contribution in [0.1, 0.15) is 27.0 Å². The number of fused-ring (bicyclic) bond motifs is 1. The first-order chi connectivity index (χ1) is 19.3. The van der Waals surface area contributed by atoms with Crippen molar-refractivity contribution in [1.82, 2.24) is 9.97 Å². The summed E-state index contributed by atoms with van der Waals surface area (Å²) >= 11 is 0. The minimum Gasteiger partial charge on any atom is -0.496 e. The summed E-state index contributed by atoms with van der Waals surface area (Å²) in [5.74, 6) is 1.40. The van der Waals surface area contributed by atoms with Gasteiger partial charge in [-0.2, -0.15) is 5.26 Å². The van der Waals surface area contributed by atoms with Crippen LogP contribution in [-0.4, -0.2) is 30.1 Å². The lowest BCUT2D eigenvalue weighted by Gasteiger charge is -2.10. The average Bonchev–Trinajstić information content (AvgIpc) is 2.97. The summed E-state index contributed by atoms with van der Waals surface area (Å²) in [6.07, 6.45) is 0. The van der Waals surface area contributed by atoms with Crippen LogP contribution in [0.15, 0.2) is 89.7 Å². The van der Waals surface area contributed by atoms with Crippen molar-refractivity contribution in [3.8, 4) is 29.0 Å². The van der Waals surface area contributed by atoms with Crippen LogP contribution in [0.2, 0.25) is 0 Å². The number of amides is 1. The normalized spacial score (nSPS) is 10.2. The summed E-state index contributed by atoms with van der Waals surface area (Å²) in [7, 11) is 3.11. The SMILES string of the molecule is COc1ccccc1-c1nc2cc(C)ccc2c(=O)[nH]1.COc1ccccc1C(=O)Nc1cc(C)ccc1C#N. The zero-order valence-electron chi connectivity index (χ0n) is 22.6. The number of ether oxygens (including phenoxy) is 2. The molecule has 0 bridgehead atoms. The average molecular weight is 533 g/mol. The molecule has 0 saturated heterocycles. The van der Waals surface area contributed by atoms with Gasteiger partial charge < -0.3 is 19.8 Å². The van der Waals surface area contributed by atoms with E-state index < -0.39 is 0 Å². The van der Waals surface area contributed by atoms with Crippen molar-refractivity contribution < 1.29 is 14.3 Å². The van der Waals surface area contributed by atoms with Gasteiger partial charge in [-0.25, -0.2) is 4.98 Å². The Morgan fingerprint density at radius 3 is 2.25 bits per heavy atom. The smallest absolute Gasteiger partial charge is 0.259 e. The van der Waals surface area contributed by atoms with E-state index in [1.807, 2.05) is 56.3 Å². The molecular formula is C32H28N4O4. The van der Waals surface area contributed by atoms with Crippen molar-refractivity contribution in [2.75, 3.05) is 19.5 Å². The van der Waals surface area contributed by atoms with E-state index in [0.717, 1.165) is 16.7 Å². The third-order valence-electron chi connectivity index (χ3n) is 6.12. The highest BCUT2D eigenvalue weighted by atomic mass is 16.5. The van der Waals surface area contributed by atoms with Crippen LogP contribution >= 0.6 is 0 Å². The molecule has 0 aliphatic carbocycles. The topological polar surface area (TPSA) is 117 Å². The van der Waals surface area contributed by atoms with Crippen LogP contribution in [0.25, 0.3) is 22.3 Å². The Morgan fingerprint density at radius 2 is 1.52 bits per heavy atom. The number of rotatable bonds is 5. The van der Waals surface area contributed by atoms with Gasteiger partial charge >= 0.3 is 0 Å². The number of aromatic amines is 1. The van der Waals surface area contributed by atoms with Gasteiger partial charge in [0.15, 0.2) is 0 Å². The number of anilines is 1. The van der Waals surface area contributed by atoms with E-state index in [2.05, 4.69) is 21.4 Å². The van der Waals surface area contributed by atoms with Gasteiger partial charge in [0.05, 0.1) is 47.5 Å². The number of nitriles is 1. The quantitative estimate of drug-likeness (QED) is 0.285. The second-order valence-electron chi connectivity index (χ2n) is 8.95. The Balaban J connectivity index is 0.000000185. The number of hydrogen-bond donors (Lipinski definition) is 2. The maximum atomic E-state index is 12.3. The molecule has 1 aromatic heterocycles. The third-order valence-corrected chi connectivity index (χ3v) is 6.12. The number of carbonyl (C=O) groups is 1. The fraction of sp³-hybridized carbons (Fsp3) is 0.125. The molecule has 0 spiro atoms. The van der Waals surface area contributed by atoms with Crippen molar-refractivity contribution in [2.45, 2.75) is 13.8 Å². The van der Waals surface area contributed by atoms with Gasteiger partial charge in [0.1, 0.15) is 23.4 Å². The minimum atomic E-state index is -0.301. The number of aromatic nitrogens is 2. The molecule has 5 rings (SSSR count). The van der Waals surface area contributed by atoms with Crippen molar-refractivity contribution >= 4 is 22.5 Å². The zero-order valence-corrected chi connectivity index (χ0v) is 22.6. The standard InChI is InChI=1S/2C16H14N2O2/c1-10-7-8-11-13(9-10)17-15(18-16(11)19)12-5-3-4-6-14(12)20-2;1-11-7-8-12(10-17)14(9-11)18-16(19)13-5-3-4-6-15(13)20-2/h3-9H,1-2H3,(H,17,18,19);3-9H,1-2H3,(H,18,19). The van der Waals surface area contributed by atoms with Crippen LogP contribution in [-0.2, 0) is 0 Å². The number of benzene rings is 4. The lowest BCUT2D eigenvalue weighted by molar-refractivity contribution is 0.102. The van der Waals surface area contributed by atoms with Crippen molar-refractivity contribution in [3.05, 3.63) is 118 Å². The third kappa shape index (κ3) is 6.17. The van der Waals surface area contributed by atoms with E-state index in [4.69, 9.17) is 14.7 Å². The number of hydrogen-bond acceptors (Lipinski definition) is 6. The highest BCUT2D eigenvalue weighted by Crippen LogP contribution is 2.27. The molecule has 4 aromatic carbocycles. The molecule has 0 unspecified atom stereocenters. The molecule has 0 aliphatic rings. The molecule has 200 valence electrons. The van der Waals surface area contributed by atoms with E-state index in [-0.39, 0.29) is 11.5 Å². The fourth-order valence-electron chi connectivity index (χ4n) is 4.10. The minimum absolute atomic E-state index is 0.143. The lowest BCUT2D eigenvalue weighted by Crippen LogP contribution is -2.14. The molecule has 8 heteroatoms. The van der Waals surface area contributed by atoms with Gasteiger partial charge in [-0.15, -0.1) is 0 Å². The number of nitrogens with one attached hydrogen (secondary N) is 2. The van der Waals surface area contributed by atoms with Gasteiger partial charge in [-0.3, -0.25) is 9.59 Å². The molecule has 8 nitrogen and oxygen atoms in total. The van der Waals surface area contributed by atoms with E-state index in [1.54, 1.807) is 49.6 Å². The Labute approximate surface area is 231 Å². The van der Waals surface area contributed by atoms with Crippen molar-refractivity contribution in [1.29, 1.82) is 5.26 Å². The first kappa shape index (κ1) is 27.6. The highest BCUT2D eigenvalue weighted by molar-refractivity contribution is 6.06. The monoisotopic (exact) mass is 532 g/mol. The molecule has 0 radical (unpaired) electrons. The van der Waals surface area contributed by atoms with Crippen molar-refractivity contribution in [2.24, 2.45) is 0 Å². The zero-order chi connectivity index (χ0) is 28.6. The van der Waals surface area contributed by atoms with E-state index >= 15 is 0 Å². The fourth-order valence-corrected chi connectivity index (χ4v) is 4.10. The number of aryl methyl sites for hydroxylation is 2. The van der Waals surface area contributed by atoms with Gasteiger partial charge in [-0.1, -0.05) is 36.4 Å². The van der Waals surface area contributed by atoms with E-state index in [0.29, 0.717) is 45.0 Å². The molecular weight excluding hydrogens is 504 g/mol. The highest BCUT2D eigenvalue weighted by Gasteiger charge is 2.14. The van der Waals surface area contributed by atoms with Crippen molar-refractivity contribution in [3.63, 3.8) is 0 Å². The second kappa shape index (κ2) is 12.4. The number of carbonyl (C=O) groups excluding carboxylic acids is 1. The second-order valence-corrected chi connectivity index (χ2v) is 8.95. The van der Waals surface area contributed by atoms with Crippen LogP contribution in [0.5, 0.6) is 11.5 Å². The number of nitrogens with zero attached hydrogens (tertiary/aromatic N) is 2. The molecule has 1 amide bonds. The molecule has 0 atom stereocenters. The Hall–Kier alpha value is -5.42. The first-order valence-corrected chi connectivity index (χ1v) is 12.4. The first-order valence-electron chi connectivity index (χ1n) is 12.4. The summed E-state index contributed by atoms with van der Waals surface area (Å²) in [6.45, 7) is 3.88. The maximum Gasteiger partial charge on any atom is 0.259 e. The summed E-state index contributed by atoms with van der Waals surface area (Å²) in [5, 5.41) is 12.4. The number of methoxy groups -OCH3 is 2. The molecule has 1 heterocycles. The summed E-state index contributed by atoms with van der Waals surface area (Å²) in [4.78, 5) is 31.8. The van der Waals surface area contributed by atoms with Crippen LogP contribution in [0.3, 0.4) is 0 Å². The van der Waals surface area contributed by atoms with Crippen LogP contribution < -0.4 is 20.3 Å². The van der Waals surface area contributed by atoms with Crippen LogP contribution in [0.4, 0.5) is 5.69 Å². The predicted molar refractivity (Wildman–Crippen MR) is 156 cm³/mol. The molecule has 5 aromatic rings. The maximum absolute atomic E-state index is 12.3. The lowest BCUT2D eigenvalue weighted by atomic mass is 10.1. The molecule has 0 fully saturated rings. The van der Waals surface area contributed by atoms with Gasteiger partial charge in [-0.05, 0) is 73.5 Å². The van der Waals surface area contributed by atoms with E-state index in [9.17, 15) is 9.59 Å². The number of para-hydroxylation sites is 2. The van der Waals surface area contributed by atoms with Gasteiger partial charge in [0, 0.05) is 0 Å². The summed E-state index contributed by atoms with van der Waals surface area (Å²) in [6, 6.07) is 27.4. The largest absolute Gasteiger partial charge is 0.496 e. The summed E-state index contributed by atoms with van der Waals surface area (Å²) in [5.41, 5.74) is 4.73.